The molecule has 0 spiro atoms. The SMILES string of the molecule is CN=C(NCCCCn1cnnc1)NCC(C)(C)N1CCCCC1. The van der Waals surface area contributed by atoms with E-state index in [4.69, 9.17) is 0 Å². The van der Waals surface area contributed by atoms with Crippen LogP contribution in [0.25, 0.3) is 0 Å². The first-order valence-electron chi connectivity index (χ1n) is 9.14. The van der Waals surface area contributed by atoms with Gasteiger partial charge in [0.25, 0.3) is 0 Å². The third-order valence-corrected chi connectivity index (χ3v) is 4.73. The zero-order valence-corrected chi connectivity index (χ0v) is 15.5. The lowest BCUT2D eigenvalue weighted by Gasteiger charge is -2.41. The first-order chi connectivity index (χ1) is 11.6. The van der Waals surface area contributed by atoms with Crippen LogP contribution in [-0.2, 0) is 6.54 Å². The van der Waals surface area contributed by atoms with Gasteiger partial charge < -0.3 is 15.2 Å². The van der Waals surface area contributed by atoms with E-state index in [9.17, 15) is 0 Å². The van der Waals surface area contributed by atoms with E-state index >= 15 is 0 Å². The lowest BCUT2D eigenvalue weighted by atomic mass is 9.98. The fraction of sp³-hybridized carbons (Fsp3) is 0.824. The molecule has 1 aliphatic rings. The third-order valence-electron chi connectivity index (χ3n) is 4.73. The van der Waals surface area contributed by atoms with Crippen LogP contribution in [0.15, 0.2) is 17.6 Å². The minimum atomic E-state index is 0.159. The van der Waals surface area contributed by atoms with E-state index in [1.165, 1.54) is 32.4 Å². The van der Waals surface area contributed by atoms with E-state index in [1.54, 1.807) is 12.7 Å². The smallest absolute Gasteiger partial charge is 0.191 e. The Morgan fingerprint density at radius 1 is 1.08 bits per heavy atom. The topological polar surface area (TPSA) is 70.4 Å². The Hall–Kier alpha value is -1.63. The summed E-state index contributed by atoms with van der Waals surface area (Å²) in [6, 6.07) is 0. The summed E-state index contributed by atoms with van der Waals surface area (Å²) in [4.78, 5) is 6.93. The van der Waals surface area contributed by atoms with E-state index in [2.05, 4.69) is 44.6 Å². The molecule has 1 fully saturated rings. The fourth-order valence-corrected chi connectivity index (χ4v) is 3.10. The summed E-state index contributed by atoms with van der Waals surface area (Å²) in [6.45, 7) is 9.85. The molecule has 1 aliphatic heterocycles. The molecule has 0 radical (unpaired) electrons. The van der Waals surface area contributed by atoms with Gasteiger partial charge in [0.2, 0.25) is 0 Å². The van der Waals surface area contributed by atoms with Gasteiger partial charge in [0.15, 0.2) is 5.96 Å². The van der Waals surface area contributed by atoms with Crippen molar-refractivity contribution in [3.05, 3.63) is 12.7 Å². The molecular weight excluding hydrogens is 302 g/mol. The van der Waals surface area contributed by atoms with Gasteiger partial charge in [0.1, 0.15) is 12.7 Å². The molecule has 2 heterocycles. The number of aryl methyl sites for hydroxylation is 1. The van der Waals surface area contributed by atoms with Gasteiger partial charge in [-0.2, -0.15) is 0 Å². The first kappa shape index (κ1) is 18.7. The molecule has 0 aliphatic carbocycles. The average Bonchev–Trinajstić information content (AvgIpc) is 3.11. The van der Waals surface area contributed by atoms with Crippen molar-refractivity contribution in [3.63, 3.8) is 0 Å². The van der Waals surface area contributed by atoms with Gasteiger partial charge in [0, 0.05) is 32.2 Å². The maximum atomic E-state index is 4.33. The van der Waals surface area contributed by atoms with Gasteiger partial charge in [-0.3, -0.25) is 9.89 Å². The van der Waals surface area contributed by atoms with Crippen molar-refractivity contribution in [1.82, 2.24) is 30.3 Å². The maximum Gasteiger partial charge on any atom is 0.191 e. The van der Waals surface area contributed by atoms with Crippen LogP contribution >= 0.6 is 0 Å². The molecule has 0 amide bonds. The highest BCUT2D eigenvalue weighted by molar-refractivity contribution is 5.79. The van der Waals surface area contributed by atoms with E-state index in [0.29, 0.717) is 0 Å². The van der Waals surface area contributed by atoms with Crippen molar-refractivity contribution in [3.8, 4) is 0 Å². The monoisotopic (exact) mass is 335 g/mol. The zero-order chi connectivity index (χ0) is 17.3. The Kier molecular flexibility index (Phi) is 7.49. The molecular formula is C17H33N7. The number of aromatic nitrogens is 3. The van der Waals surface area contributed by atoms with Gasteiger partial charge in [-0.1, -0.05) is 6.42 Å². The molecule has 0 saturated carbocycles. The second-order valence-electron chi connectivity index (χ2n) is 7.12. The fourth-order valence-electron chi connectivity index (χ4n) is 3.10. The lowest BCUT2D eigenvalue weighted by molar-refractivity contribution is 0.0982. The summed E-state index contributed by atoms with van der Waals surface area (Å²) in [7, 11) is 1.83. The molecule has 7 heteroatoms. The van der Waals surface area contributed by atoms with Crippen molar-refractivity contribution in [1.29, 1.82) is 0 Å². The molecule has 7 nitrogen and oxygen atoms in total. The molecule has 1 aromatic rings. The van der Waals surface area contributed by atoms with Gasteiger partial charge in [-0.15, -0.1) is 10.2 Å². The van der Waals surface area contributed by atoms with E-state index < -0.39 is 0 Å². The van der Waals surface area contributed by atoms with Crippen LogP contribution in [0.1, 0.15) is 46.0 Å². The number of nitrogens with one attached hydrogen (secondary N) is 2. The van der Waals surface area contributed by atoms with Crippen LogP contribution in [-0.4, -0.2) is 64.4 Å². The Bertz CT molecular complexity index is 475. The summed E-state index contributed by atoms with van der Waals surface area (Å²) >= 11 is 0. The highest BCUT2D eigenvalue weighted by atomic mass is 15.2. The Morgan fingerprint density at radius 2 is 1.79 bits per heavy atom. The lowest BCUT2D eigenvalue weighted by Crippen LogP contribution is -2.54. The number of unbranched alkanes of at least 4 members (excludes halogenated alkanes) is 1. The summed E-state index contributed by atoms with van der Waals surface area (Å²) in [5.41, 5.74) is 0.159. The zero-order valence-electron chi connectivity index (χ0n) is 15.5. The molecule has 0 aromatic carbocycles. The van der Waals surface area contributed by atoms with Crippen LogP contribution in [0.3, 0.4) is 0 Å². The van der Waals surface area contributed by atoms with Crippen molar-refractivity contribution >= 4 is 5.96 Å². The summed E-state index contributed by atoms with van der Waals surface area (Å²) in [6.07, 6.45) is 9.73. The molecule has 2 rings (SSSR count). The van der Waals surface area contributed by atoms with Crippen molar-refractivity contribution in [2.75, 3.05) is 33.2 Å². The van der Waals surface area contributed by atoms with E-state index in [-0.39, 0.29) is 5.54 Å². The largest absolute Gasteiger partial charge is 0.356 e. The Morgan fingerprint density at radius 3 is 2.46 bits per heavy atom. The maximum absolute atomic E-state index is 4.33. The Labute approximate surface area is 145 Å². The van der Waals surface area contributed by atoms with E-state index in [1.807, 2.05) is 11.6 Å². The highest BCUT2D eigenvalue weighted by Crippen LogP contribution is 2.19. The summed E-state index contributed by atoms with van der Waals surface area (Å²) < 4.78 is 2.01. The number of guanidine groups is 1. The molecule has 1 saturated heterocycles. The molecule has 0 unspecified atom stereocenters. The highest BCUT2D eigenvalue weighted by Gasteiger charge is 2.27. The molecule has 0 bridgehead atoms. The van der Waals surface area contributed by atoms with Crippen LogP contribution < -0.4 is 10.6 Å². The second-order valence-corrected chi connectivity index (χ2v) is 7.12. The first-order valence-corrected chi connectivity index (χ1v) is 9.14. The van der Waals surface area contributed by atoms with Crippen LogP contribution in [0.4, 0.5) is 0 Å². The number of aliphatic imine (C=N–C) groups is 1. The van der Waals surface area contributed by atoms with Crippen LogP contribution in [0, 0.1) is 0 Å². The van der Waals surface area contributed by atoms with Gasteiger partial charge in [-0.25, -0.2) is 0 Å². The van der Waals surface area contributed by atoms with Gasteiger partial charge in [-0.05, 0) is 52.6 Å². The number of hydrogen-bond donors (Lipinski definition) is 2. The van der Waals surface area contributed by atoms with Gasteiger partial charge in [0.05, 0.1) is 0 Å². The quantitative estimate of drug-likeness (QED) is 0.428. The number of likely N-dealkylation sites (tertiary alicyclic amines) is 1. The molecule has 0 atom stereocenters. The average molecular weight is 336 g/mol. The summed E-state index contributed by atoms with van der Waals surface area (Å²) in [5.74, 6) is 0.893. The molecule has 24 heavy (non-hydrogen) atoms. The van der Waals surface area contributed by atoms with Crippen LogP contribution in [0.5, 0.6) is 0 Å². The van der Waals surface area contributed by atoms with Gasteiger partial charge >= 0.3 is 0 Å². The van der Waals surface area contributed by atoms with Crippen molar-refractivity contribution < 1.29 is 0 Å². The minimum Gasteiger partial charge on any atom is -0.356 e. The number of nitrogens with zero attached hydrogens (tertiary/aromatic N) is 5. The number of hydrogen-bond acceptors (Lipinski definition) is 4. The number of rotatable bonds is 8. The summed E-state index contributed by atoms with van der Waals surface area (Å²) in [5, 5.41) is 14.5. The molecule has 136 valence electrons. The second kappa shape index (κ2) is 9.61. The standard InChI is InChI=1S/C17H33N7/c1-17(2,24-11-6-4-7-12-24)13-20-16(18-3)19-9-5-8-10-23-14-21-22-15-23/h14-15H,4-13H2,1-3H3,(H2,18,19,20). The predicted molar refractivity (Wildman–Crippen MR) is 98.1 cm³/mol. The van der Waals surface area contributed by atoms with E-state index in [0.717, 1.165) is 38.4 Å². The Balaban J connectivity index is 1.62. The normalized spacial score (nSPS) is 17.0. The molecule has 1 aromatic heterocycles. The molecule has 2 N–H and O–H groups in total. The third kappa shape index (κ3) is 6.11. The van der Waals surface area contributed by atoms with Crippen molar-refractivity contribution in [2.45, 2.75) is 58.0 Å². The van der Waals surface area contributed by atoms with Crippen molar-refractivity contribution in [2.24, 2.45) is 4.99 Å². The number of piperidine rings is 1. The van der Waals surface area contributed by atoms with Crippen LogP contribution in [0.2, 0.25) is 0 Å². The minimum absolute atomic E-state index is 0.159. The predicted octanol–water partition coefficient (Wildman–Crippen LogP) is 1.49.